The molecule has 4 rings (SSSR count). The van der Waals surface area contributed by atoms with Crippen molar-refractivity contribution in [2.75, 3.05) is 0 Å². The van der Waals surface area contributed by atoms with E-state index in [0.717, 1.165) is 4.52 Å². The van der Waals surface area contributed by atoms with E-state index < -0.39 is 28.3 Å². The van der Waals surface area contributed by atoms with Crippen LogP contribution in [0.5, 0.6) is 0 Å². The Labute approximate surface area is 194 Å². The van der Waals surface area contributed by atoms with Crippen LogP contribution in [0.1, 0.15) is 62.8 Å². The second-order valence-corrected chi connectivity index (χ2v) is 9.85. The van der Waals surface area contributed by atoms with Gasteiger partial charge in [0.15, 0.2) is 5.69 Å². The fourth-order valence-electron chi connectivity index (χ4n) is 4.90. The molecular weight excluding hydrogens is 447 g/mol. The summed E-state index contributed by atoms with van der Waals surface area (Å²) >= 11 is 0. The number of alkyl halides is 3. The van der Waals surface area contributed by atoms with E-state index in [1.165, 1.54) is 0 Å². The highest BCUT2D eigenvalue weighted by atomic mass is 19.4. The van der Waals surface area contributed by atoms with Gasteiger partial charge in [0.2, 0.25) is 11.8 Å². The average molecular weight is 473 g/mol. The van der Waals surface area contributed by atoms with Crippen LogP contribution < -0.4 is 5.56 Å². The summed E-state index contributed by atoms with van der Waals surface area (Å²) in [5.74, 6) is 0.860. The maximum Gasteiger partial charge on any atom is 0.435 e. The van der Waals surface area contributed by atoms with Gasteiger partial charge in [-0.05, 0) is 24.3 Å². The predicted molar refractivity (Wildman–Crippen MR) is 121 cm³/mol. The summed E-state index contributed by atoms with van der Waals surface area (Å²) in [7, 11) is 0. The summed E-state index contributed by atoms with van der Waals surface area (Å²) in [5, 5.41) is 11.8. The molecule has 0 saturated heterocycles. The van der Waals surface area contributed by atoms with Crippen molar-refractivity contribution in [2.45, 2.75) is 65.0 Å². The van der Waals surface area contributed by atoms with Gasteiger partial charge in [0, 0.05) is 23.6 Å². The number of hydrogen-bond donors (Lipinski definition) is 1. The van der Waals surface area contributed by atoms with Gasteiger partial charge < -0.3 is 9.40 Å². The molecule has 0 aliphatic rings. The number of fused-ring (bicyclic) bond motifs is 1. The van der Waals surface area contributed by atoms with Crippen LogP contribution >= 0.6 is 0 Å². The Morgan fingerprint density at radius 1 is 1.00 bits per heavy atom. The Morgan fingerprint density at radius 2 is 1.65 bits per heavy atom. The number of rotatable bonds is 5. The third-order valence-corrected chi connectivity index (χ3v) is 5.97. The van der Waals surface area contributed by atoms with Crippen molar-refractivity contribution in [3.63, 3.8) is 0 Å². The third kappa shape index (κ3) is 4.01. The second-order valence-electron chi connectivity index (χ2n) is 9.85. The minimum atomic E-state index is -4.74. The lowest BCUT2D eigenvalue weighted by Crippen LogP contribution is -2.37. The quantitative estimate of drug-likeness (QED) is 0.422. The van der Waals surface area contributed by atoms with Crippen LogP contribution in [0.25, 0.3) is 16.8 Å². The van der Waals surface area contributed by atoms with Crippen LogP contribution in [0.15, 0.2) is 39.5 Å². The third-order valence-electron chi connectivity index (χ3n) is 5.97. The average Bonchev–Trinajstić information content (AvgIpc) is 3.32. The number of nitrogens with one attached hydrogen (secondary N) is 1. The first-order valence-electron chi connectivity index (χ1n) is 10.8. The Hall–Kier alpha value is -3.43. The van der Waals surface area contributed by atoms with Gasteiger partial charge in [0.1, 0.15) is 5.65 Å². The molecule has 1 aromatic carbocycles. The topological polar surface area (TPSA) is 89.1 Å². The van der Waals surface area contributed by atoms with Gasteiger partial charge in [-0.3, -0.25) is 4.79 Å². The lowest BCUT2D eigenvalue weighted by atomic mass is 9.71. The molecule has 0 atom stereocenters. The van der Waals surface area contributed by atoms with Crippen molar-refractivity contribution >= 4 is 5.65 Å². The van der Waals surface area contributed by atoms with Gasteiger partial charge in [-0.15, -0.1) is 10.2 Å². The first kappa shape index (κ1) is 23.7. The van der Waals surface area contributed by atoms with E-state index in [9.17, 15) is 18.0 Å². The number of H-pyrrole nitrogens is 1. The summed E-state index contributed by atoms with van der Waals surface area (Å²) in [6.07, 6.45) is -4.31. The molecule has 1 N–H and O–H groups in total. The molecule has 34 heavy (non-hydrogen) atoms. The summed E-state index contributed by atoms with van der Waals surface area (Å²) < 4.78 is 48.3. The van der Waals surface area contributed by atoms with Gasteiger partial charge >= 0.3 is 6.18 Å². The Bertz CT molecular complexity index is 1410. The molecule has 0 bridgehead atoms. The van der Waals surface area contributed by atoms with E-state index in [2.05, 4.69) is 20.3 Å². The van der Waals surface area contributed by atoms with E-state index in [0.29, 0.717) is 35.0 Å². The van der Waals surface area contributed by atoms with E-state index >= 15 is 0 Å². The van der Waals surface area contributed by atoms with Crippen molar-refractivity contribution in [3.05, 3.63) is 69.4 Å². The zero-order chi connectivity index (χ0) is 25.1. The summed E-state index contributed by atoms with van der Waals surface area (Å²) in [5.41, 5.74) is -2.05. The molecule has 0 spiro atoms. The zero-order valence-electron chi connectivity index (χ0n) is 19.8. The molecular formula is C24H26F3N5O2. The number of nitrogens with zero attached hydrogens (tertiary/aromatic N) is 4. The van der Waals surface area contributed by atoms with Crippen molar-refractivity contribution in [1.29, 1.82) is 0 Å². The van der Waals surface area contributed by atoms with Gasteiger partial charge in [-0.2, -0.15) is 22.8 Å². The molecule has 180 valence electrons. The largest absolute Gasteiger partial charge is 0.435 e. The summed E-state index contributed by atoms with van der Waals surface area (Å²) in [6, 6.07) is 8.12. The normalized spacial score (nSPS) is 13.1. The SMILES string of the molecule is Cc1nnc(C(C)(C)CC(C)(C)c2c(C)[nH]c3c(-c4ccccc4)c(C(F)(F)F)nn3c2=O)o1. The minimum Gasteiger partial charge on any atom is -0.425 e. The molecule has 0 unspecified atom stereocenters. The molecule has 3 aromatic heterocycles. The fourth-order valence-corrected chi connectivity index (χ4v) is 4.90. The van der Waals surface area contributed by atoms with Crippen LogP contribution in [0.3, 0.4) is 0 Å². The lowest BCUT2D eigenvalue weighted by Gasteiger charge is -2.33. The van der Waals surface area contributed by atoms with Crippen LogP contribution in [0.2, 0.25) is 0 Å². The smallest absolute Gasteiger partial charge is 0.425 e. The molecule has 4 aromatic rings. The molecule has 0 fully saturated rings. The van der Waals surface area contributed by atoms with Crippen molar-refractivity contribution in [1.82, 2.24) is 24.8 Å². The number of aryl methyl sites for hydroxylation is 2. The molecule has 10 heteroatoms. The van der Waals surface area contributed by atoms with Gasteiger partial charge in [0.25, 0.3) is 5.56 Å². The first-order valence-corrected chi connectivity index (χ1v) is 10.8. The number of hydrogen-bond acceptors (Lipinski definition) is 5. The van der Waals surface area contributed by atoms with Crippen LogP contribution in [0, 0.1) is 13.8 Å². The minimum absolute atomic E-state index is 0.00682. The maximum absolute atomic E-state index is 13.9. The highest BCUT2D eigenvalue weighted by molar-refractivity contribution is 5.80. The number of aromatic amines is 1. The zero-order valence-corrected chi connectivity index (χ0v) is 19.8. The van der Waals surface area contributed by atoms with Crippen molar-refractivity contribution in [3.8, 4) is 11.1 Å². The van der Waals surface area contributed by atoms with Crippen LogP contribution in [-0.2, 0) is 17.0 Å². The molecule has 0 amide bonds. The van der Waals surface area contributed by atoms with Crippen molar-refractivity contribution < 1.29 is 17.6 Å². The molecule has 7 nitrogen and oxygen atoms in total. The maximum atomic E-state index is 13.9. The van der Waals surface area contributed by atoms with Gasteiger partial charge in [-0.25, -0.2) is 0 Å². The second kappa shape index (κ2) is 7.82. The molecule has 3 heterocycles. The van der Waals surface area contributed by atoms with Crippen molar-refractivity contribution in [2.24, 2.45) is 0 Å². The van der Waals surface area contributed by atoms with E-state index in [4.69, 9.17) is 4.42 Å². The molecule has 0 aliphatic heterocycles. The summed E-state index contributed by atoms with van der Waals surface area (Å²) in [6.45, 7) is 11.0. The predicted octanol–water partition coefficient (Wildman–Crippen LogP) is 5.35. The number of halogens is 3. The molecule has 0 saturated carbocycles. The standard InChI is InChI=1S/C24H26F3N5O2/c1-13-17(22(3,4)12-23(5,6)21-30-29-14(2)34-21)20(33)32-19(28-13)16(15-10-8-7-9-11-15)18(31-32)24(25,26)27/h7-11,28H,12H2,1-6H3. The van der Waals surface area contributed by atoms with E-state index in [1.807, 2.05) is 27.7 Å². The Kier molecular flexibility index (Phi) is 5.45. The highest BCUT2D eigenvalue weighted by Crippen LogP contribution is 2.40. The highest BCUT2D eigenvalue weighted by Gasteiger charge is 2.41. The Balaban J connectivity index is 1.91. The fraction of sp³-hybridized carbons (Fsp3) is 0.417. The first-order chi connectivity index (χ1) is 15.7. The lowest BCUT2D eigenvalue weighted by molar-refractivity contribution is -0.140. The van der Waals surface area contributed by atoms with E-state index in [1.54, 1.807) is 44.2 Å². The van der Waals surface area contributed by atoms with Crippen LogP contribution in [-0.4, -0.2) is 24.8 Å². The van der Waals surface area contributed by atoms with Crippen LogP contribution in [0.4, 0.5) is 13.2 Å². The van der Waals surface area contributed by atoms with E-state index in [-0.39, 0.29) is 11.2 Å². The summed E-state index contributed by atoms with van der Waals surface area (Å²) in [4.78, 5) is 16.7. The van der Waals surface area contributed by atoms with Gasteiger partial charge in [-0.1, -0.05) is 58.0 Å². The molecule has 0 radical (unpaired) electrons. The van der Waals surface area contributed by atoms with Gasteiger partial charge in [0.05, 0.1) is 5.56 Å². The number of benzene rings is 1. The molecule has 0 aliphatic carbocycles. The monoisotopic (exact) mass is 473 g/mol. The number of aromatic nitrogens is 5. The Morgan fingerprint density at radius 3 is 2.21 bits per heavy atom.